The van der Waals surface area contributed by atoms with E-state index in [1.165, 1.54) is 0 Å². The maximum Gasteiger partial charge on any atom is 0.210 e. The van der Waals surface area contributed by atoms with Crippen molar-refractivity contribution in [2.45, 2.75) is 32.6 Å². The van der Waals surface area contributed by atoms with E-state index in [0.717, 1.165) is 29.7 Å². The minimum Gasteiger partial charge on any atom is -0.355 e. The molecule has 0 aromatic heterocycles. The van der Waals surface area contributed by atoms with Gasteiger partial charge in [-0.1, -0.05) is 73.4 Å². The number of dihydropyridines is 1. The molecule has 1 atom stereocenters. The van der Waals surface area contributed by atoms with Crippen molar-refractivity contribution in [1.82, 2.24) is 5.32 Å². The van der Waals surface area contributed by atoms with Gasteiger partial charge in [0.1, 0.15) is 0 Å². The van der Waals surface area contributed by atoms with Gasteiger partial charge >= 0.3 is 0 Å². The molecule has 1 unspecified atom stereocenters. The van der Waals surface area contributed by atoms with Gasteiger partial charge in [-0.2, -0.15) is 0 Å². The van der Waals surface area contributed by atoms with Crippen molar-refractivity contribution >= 4 is 34.8 Å². The van der Waals surface area contributed by atoms with Gasteiger partial charge in [0.15, 0.2) is 5.78 Å². The van der Waals surface area contributed by atoms with Gasteiger partial charge in [0.2, 0.25) is 5.78 Å². The number of hydrogen-bond acceptors (Lipinski definition) is 3. The zero-order valence-electron chi connectivity index (χ0n) is 16.1. The van der Waals surface area contributed by atoms with Gasteiger partial charge in [-0.25, -0.2) is 0 Å². The van der Waals surface area contributed by atoms with Crippen molar-refractivity contribution in [2.24, 2.45) is 5.41 Å². The number of nitrogens with one attached hydrogen (secondary N) is 1. The summed E-state index contributed by atoms with van der Waals surface area (Å²) in [4.78, 5) is 26.9. The van der Waals surface area contributed by atoms with Gasteiger partial charge in [-0.3, -0.25) is 9.59 Å². The molecule has 0 spiro atoms. The van der Waals surface area contributed by atoms with Crippen LogP contribution in [0.15, 0.2) is 65.0 Å². The van der Waals surface area contributed by atoms with Gasteiger partial charge in [0, 0.05) is 28.3 Å². The van der Waals surface area contributed by atoms with Crippen LogP contribution in [-0.4, -0.2) is 11.6 Å². The van der Waals surface area contributed by atoms with E-state index in [1.54, 1.807) is 30.3 Å². The predicted molar refractivity (Wildman–Crippen MR) is 115 cm³/mol. The number of carbonyl (C=O) groups excluding carboxylic acids is 2. The SMILES string of the molecule is CC1(C)CC2=C(C1)C(c1cccc(Cl)c1Cl)C1=C(N2)C(=O)c2ccccc2C1=O. The molecule has 3 nitrogen and oxygen atoms in total. The number of ketones is 2. The van der Waals surface area contributed by atoms with Crippen LogP contribution < -0.4 is 5.32 Å². The van der Waals surface area contributed by atoms with Crippen LogP contribution in [0.3, 0.4) is 0 Å². The maximum atomic E-state index is 13.6. The molecule has 0 bridgehead atoms. The molecule has 1 aliphatic heterocycles. The summed E-state index contributed by atoms with van der Waals surface area (Å²) in [5, 5.41) is 4.22. The number of carbonyl (C=O) groups is 2. The van der Waals surface area contributed by atoms with E-state index in [1.807, 2.05) is 12.1 Å². The lowest BCUT2D eigenvalue weighted by molar-refractivity contribution is 0.0964. The number of Topliss-reactive ketones (excluding diaryl/α,β-unsaturated/α-hetero) is 2. The van der Waals surface area contributed by atoms with Crippen molar-refractivity contribution < 1.29 is 9.59 Å². The molecule has 1 N–H and O–H groups in total. The molecule has 1 heterocycles. The summed E-state index contributed by atoms with van der Waals surface area (Å²) in [6.45, 7) is 4.39. The lowest BCUT2D eigenvalue weighted by Gasteiger charge is -2.34. The number of allylic oxidation sites excluding steroid dienone is 4. The molecular formula is C24H19Cl2NO2. The molecule has 0 saturated heterocycles. The van der Waals surface area contributed by atoms with E-state index in [2.05, 4.69) is 19.2 Å². The van der Waals surface area contributed by atoms with Gasteiger partial charge < -0.3 is 5.32 Å². The third-order valence-corrected chi connectivity index (χ3v) is 6.91. The molecule has 0 fully saturated rings. The minimum absolute atomic E-state index is 0.0362. The molecule has 29 heavy (non-hydrogen) atoms. The highest BCUT2D eigenvalue weighted by Gasteiger charge is 2.46. The highest BCUT2D eigenvalue weighted by molar-refractivity contribution is 6.42. The fourth-order valence-corrected chi connectivity index (χ4v) is 5.30. The minimum atomic E-state index is -0.376. The van der Waals surface area contributed by atoms with Crippen LogP contribution in [0.2, 0.25) is 10.0 Å². The molecule has 5 heteroatoms. The Kier molecular flexibility index (Phi) is 4.06. The Morgan fingerprint density at radius 1 is 0.931 bits per heavy atom. The first-order chi connectivity index (χ1) is 13.8. The Morgan fingerprint density at radius 3 is 2.34 bits per heavy atom. The van der Waals surface area contributed by atoms with Gasteiger partial charge in [-0.05, 0) is 35.5 Å². The van der Waals surface area contributed by atoms with Crippen molar-refractivity contribution in [3.8, 4) is 0 Å². The van der Waals surface area contributed by atoms with Gasteiger partial charge in [0.05, 0.1) is 15.7 Å². The summed E-state index contributed by atoms with van der Waals surface area (Å²) in [5.74, 6) is -0.645. The van der Waals surface area contributed by atoms with E-state index in [4.69, 9.17) is 23.2 Å². The highest BCUT2D eigenvalue weighted by Crippen LogP contribution is 2.54. The molecule has 2 aromatic carbocycles. The molecule has 2 aliphatic carbocycles. The second kappa shape index (κ2) is 6.32. The fourth-order valence-electron chi connectivity index (χ4n) is 4.88. The number of fused-ring (bicyclic) bond motifs is 1. The third kappa shape index (κ3) is 2.72. The second-order valence-corrected chi connectivity index (χ2v) is 9.50. The van der Waals surface area contributed by atoms with Crippen molar-refractivity contribution in [2.75, 3.05) is 0 Å². The van der Waals surface area contributed by atoms with Gasteiger partial charge in [0.25, 0.3) is 0 Å². The van der Waals surface area contributed by atoms with Crippen LogP contribution >= 0.6 is 23.2 Å². The van der Waals surface area contributed by atoms with Crippen LogP contribution in [-0.2, 0) is 0 Å². The molecule has 3 aliphatic rings. The standard InChI is InChI=1S/C24H19Cl2NO2/c1-24(2)10-15-17(11-24)27-21-19(18(15)14-8-5-9-16(25)20(14)26)22(28)12-6-3-4-7-13(12)23(21)29/h3-9,18,27H,10-11H2,1-2H3. The Bertz CT molecular complexity index is 1170. The van der Waals surface area contributed by atoms with Crippen LogP contribution in [0, 0.1) is 5.41 Å². The van der Waals surface area contributed by atoms with E-state index in [-0.39, 0.29) is 22.9 Å². The number of halogens is 2. The molecule has 0 saturated carbocycles. The summed E-state index contributed by atoms with van der Waals surface area (Å²) in [7, 11) is 0. The Hall–Kier alpha value is -2.36. The Morgan fingerprint density at radius 2 is 1.62 bits per heavy atom. The normalized spacial score (nSPS) is 22.3. The smallest absolute Gasteiger partial charge is 0.210 e. The third-order valence-electron chi connectivity index (χ3n) is 6.07. The number of rotatable bonds is 1. The number of hydrogen-bond donors (Lipinski definition) is 1. The highest BCUT2D eigenvalue weighted by atomic mass is 35.5. The number of benzene rings is 2. The van der Waals surface area contributed by atoms with Gasteiger partial charge in [-0.15, -0.1) is 0 Å². The molecule has 5 rings (SSSR count). The Balaban J connectivity index is 1.77. The Labute approximate surface area is 179 Å². The van der Waals surface area contributed by atoms with E-state index in [0.29, 0.717) is 32.4 Å². The zero-order valence-corrected chi connectivity index (χ0v) is 17.6. The first-order valence-corrected chi connectivity index (χ1v) is 10.4. The molecule has 0 amide bonds. The topological polar surface area (TPSA) is 46.2 Å². The van der Waals surface area contributed by atoms with E-state index < -0.39 is 0 Å². The van der Waals surface area contributed by atoms with Crippen LogP contribution in [0.4, 0.5) is 0 Å². The van der Waals surface area contributed by atoms with Crippen LogP contribution in [0.25, 0.3) is 0 Å². The average molecular weight is 424 g/mol. The molecule has 0 radical (unpaired) electrons. The quantitative estimate of drug-likeness (QED) is 0.603. The molecular weight excluding hydrogens is 405 g/mol. The fraction of sp³-hybridized carbons (Fsp3) is 0.250. The largest absolute Gasteiger partial charge is 0.355 e. The lowest BCUT2D eigenvalue weighted by Crippen LogP contribution is -2.36. The maximum absolute atomic E-state index is 13.6. The summed E-state index contributed by atoms with van der Waals surface area (Å²) in [6.07, 6.45) is 1.64. The van der Waals surface area contributed by atoms with E-state index in [9.17, 15) is 9.59 Å². The summed E-state index contributed by atoms with van der Waals surface area (Å²) >= 11 is 12.9. The van der Waals surface area contributed by atoms with Crippen LogP contribution in [0.1, 0.15) is 58.9 Å². The monoisotopic (exact) mass is 423 g/mol. The predicted octanol–water partition coefficient (Wildman–Crippen LogP) is 6.09. The summed E-state index contributed by atoms with van der Waals surface area (Å²) < 4.78 is 0. The van der Waals surface area contributed by atoms with Crippen molar-refractivity contribution in [3.63, 3.8) is 0 Å². The summed E-state index contributed by atoms with van der Waals surface area (Å²) in [6, 6.07) is 12.5. The summed E-state index contributed by atoms with van der Waals surface area (Å²) in [5.41, 5.74) is 4.71. The van der Waals surface area contributed by atoms with Crippen molar-refractivity contribution in [3.05, 3.63) is 91.7 Å². The zero-order chi connectivity index (χ0) is 20.5. The van der Waals surface area contributed by atoms with Crippen LogP contribution in [0.5, 0.6) is 0 Å². The first-order valence-electron chi connectivity index (χ1n) is 9.64. The average Bonchev–Trinajstić information content (AvgIpc) is 3.00. The first kappa shape index (κ1) is 18.7. The van der Waals surface area contributed by atoms with E-state index >= 15 is 0 Å². The van der Waals surface area contributed by atoms with Crippen molar-refractivity contribution in [1.29, 1.82) is 0 Å². The molecule has 2 aromatic rings. The lowest BCUT2D eigenvalue weighted by atomic mass is 9.73. The molecule has 146 valence electrons. The second-order valence-electron chi connectivity index (χ2n) is 8.72.